The first kappa shape index (κ1) is 14.4. The van der Waals surface area contributed by atoms with Gasteiger partial charge in [0.25, 0.3) is 0 Å². The van der Waals surface area contributed by atoms with E-state index in [1.54, 1.807) is 48.5 Å². The first-order valence-electron chi connectivity index (χ1n) is 6.43. The van der Waals surface area contributed by atoms with Crippen molar-refractivity contribution in [2.75, 3.05) is 11.9 Å². The molecule has 0 saturated carbocycles. The third-order valence-corrected chi connectivity index (χ3v) is 2.61. The molecule has 1 amide bonds. The molecule has 0 bridgehead atoms. The monoisotopic (exact) mass is 282 g/mol. The third-order valence-electron chi connectivity index (χ3n) is 2.61. The van der Waals surface area contributed by atoms with Crippen LogP contribution >= 0.6 is 0 Å². The van der Waals surface area contributed by atoms with Crippen LogP contribution in [-0.4, -0.2) is 12.7 Å². The molecule has 0 unspecified atom stereocenters. The van der Waals surface area contributed by atoms with Crippen molar-refractivity contribution in [3.8, 4) is 17.6 Å². The molecule has 5 heteroatoms. The molecule has 0 aromatic heterocycles. The summed E-state index contributed by atoms with van der Waals surface area (Å²) < 4.78 is 10.4. The molecule has 2 aromatic rings. The summed E-state index contributed by atoms with van der Waals surface area (Å²) in [6, 6.07) is 15.3. The molecule has 1 N–H and O–H groups in total. The van der Waals surface area contributed by atoms with Crippen LogP contribution in [0.15, 0.2) is 48.5 Å². The van der Waals surface area contributed by atoms with Crippen LogP contribution < -0.4 is 14.8 Å². The molecule has 0 saturated heterocycles. The fourth-order valence-corrected chi connectivity index (χ4v) is 1.65. The van der Waals surface area contributed by atoms with Crippen molar-refractivity contribution in [2.45, 2.75) is 6.92 Å². The molecule has 2 rings (SSSR count). The molecule has 106 valence electrons. The maximum absolute atomic E-state index is 11.7. The van der Waals surface area contributed by atoms with Crippen molar-refractivity contribution in [2.24, 2.45) is 0 Å². The van der Waals surface area contributed by atoms with Crippen LogP contribution in [0, 0.1) is 11.3 Å². The van der Waals surface area contributed by atoms with Crippen LogP contribution in [0.1, 0.15) is 12.5 Å². The maximum atomic E-state index is 11.7. The van der Waals surface area contributed by atoms with Crippen molar-refractivity contribution in [1.29, 1.82) is 5.26 Å². The summed E-state index contributed by atoms with van der Waals surface area (Å²) in [7, 11) is 0. The Hall–Kier alpha value is -3.00. The molecule has 0 fully saturated rings. The van der Waals surface area contributed by atoms with Gasteiger partial charge in [-0.1, -0.05) is 0 Å². The van der Waals surface area contributed by atoms with Crippen molar-refractivity contribution in [3.63, 3.8) is 0 Å². The van der Waals surface area contributed by atoms with Crippen LogP contribution in [0.25, 0.3) is 0 Å². The Balaban J connectivity index is 1.93. The average molecular weight is 282 g/mol. The lowest BCUT2D eigenvalue weighted by Gasteiger charge is -2.08. The molecule has 0 aliphatic heterocycles. The zero-order valence-electron chi connectivity index (χ0n) is 11.5. The molecular formula is C16H14N2O3. The number of carbonyl (C=O) groups is 1. The minimum Gasteiger partial charge on any atom is -0.494 e. The van der Waals surface area contributed by atoms with Gasteiger partial charge in [-0.2, -0.15) is 5.26 Å². The zero-order chi connectivity index (χ0) is 15.1. The number of nitrogens with one attached hydrogen (secondary N) is 1. The van der Waals surface area contributed by atoms with Crippen molar-refractivity contribution >= 4 is 11.8 Å². The van der Waals surface area contributed by atoms with E-state index >= 15 is 0 Å². The standard InChI is InChI=1S/C16H14N2O3/c1-2-20-14-9-5-13(6-10-14)18-16(19)21-15-7-3-12(11-17)4-8-15/h3-10H,2H2,1H3,(H,18,19). The maximum Gasteiger partial charge on any atom is 0.417 e. The van der Waals surface area contributed by atoms with E-state index in [0.29, 0.717) is 23.6 Å². The highest BCUT2D eigenvalue weighted by Crippen LogP contribution is 2.17. The van der Waals surface area contributed by atoms with E-state index in [-0.39, 0.29) is 0 Å². The molecule has 0 aliphatic carbocycles. The summed E-state index contributed by atoms with van der Waals surface area (Å²) in [6.07, 6.45) is -0.594. The minimum absolute atomic E-state index is 0.373. The topological polar surface area (TPSA) is 71.3 Å². The van der Waals surface area contributed by atoms with Gasteiger partial charge >= 0.3 is 6.09 Å². The first-order valence-corrected chi connectivity index (χ1v) is 6.43. The van der Waals surface area contributed by atoms with Crippen LogP contribution in [0.3, 0.4) is 0 Å². The Labute approximate surface area is 122 Å². The number of ether oxygens (including phenoxy) is 2. The Morgan fingerprint density at radius 2 is 1.71 bits per heavy atom. The zero-order valence-corrected chi connectivity index (χ0v) is 11.5. The normalized spacial score (nSPS) is 9.52. The summed E-state index contributed by atoms with van der Waals surface area (Å²) in [5.74, 6) is 1.11. The van der Waals surface area contributed by atoms with Gasteiger partial charge in [0.1, 0.15) is 11.5 Å². The highest BCUT2D eigenvalue weighted by atomic mass is 16.6. The third kappa shape index (κ3) is 4.25. The fraction of sp³-hybridized carbons (Fsp3) is 0.125. The summed E-state index contributed by atoms with van der Waals surface area (Å²) in [6.45, 7) is 2.49. The largest absolute Gasteiger partial charge is 0.494 e. The van der Waals surface area contributed by atoms with E-state index in [1.807, 2.05) is 13.0 Å². The predicted octanol–water partition coefficient (Wildman–Crippen LogP) is 3.57. The quantitative estimate of drug-likeness (QED) is 0.930. The van der Waals surface area contributed by atoms with Crippen molar-refractivity contribution < 1.29 is 14.3 Å². The van der Waals surface area contributed by atoms with Crippen LogP contribution in [0.5, 0.6) is 11.5 Å². The molecule has 0 radical (unpaired) electrons. The SMILES string of the molecule is CCOc1ccc(NC(=O)Oc2ccc(C#N)cc2)cc1. The number of rotatable bonds is 4. The van der Waals surface area contributed by atoms with Crippen LogP contribution in [-0.2, 0) is 0 Å². The van der Waals surface area contributed by atoms with E-state index in [0.717, 1.165) is 5.75 Å². The van der Waals surface area contributed by atoms with Gasteiger partial charge in [-0.05, 0) is 55.5 Å². The number of anilines is 1. The van der Waals surface area contributed by atoms with Gasteiger partial charge in [-0.25, -0.2) is 4.79 Å². The van der Waals surface area contributed by atoms with Gasteiger partial charge in [0, 0.05) is 5.69 Å². The van der Waals surface area contributed by atoms with Gasteiger partial charge in [0.2, 0.25) is 0 Å². The molecule has 0 heterocycles. The number of benzene rings is 2. The molecule has 5 nitrogen and oxygen atoms in total. The van der Waals surface area contributed by atoms with E-state index in [4.69, 9.17) is 14.7 Å². The molecule has 21 heavy (non-hydrogen) atoms. The summed E-state index contributed by atoms with van der Waals surface area (Å²) in [5, 5.41) is 11.3. The fourth-order valence-electron chi connectivity index (χ4n) is 1.65. The number of hydrogen-bond acceptors (Lipinski definition) is 4. The number of hydrogen-bond donors (Lipinski definition) is 1. The summed E-state index contributed by atoms with van der Waals surface area (Å²) in [4.78, 5) is 11.7. The van der Waals surface area contributed by atoms with Gasteiger partial charge < -0.3 is 9.47 Å². The van der Waals surface area contributed by atoms with Crippen LogP contribution in [0.4, 0.5) is 10.5 Å². The average Bonchev–Trinajstić information content (AvgIpc) is 2.50. The van der Waals surface area contributed by atoms with Gasteiger partial charge in [-0.3, -0.25) is 5.32 Å². The van der Waals surface area contributed by atoms with Crippen molar-refractivity contribution in [3.05, 3.63) is 54.1 Å². The number of carbonyl (C=O) groups excluding carboxylic acids is 1. The highest BCUT2D eigenvalue weighted by Gasteiger charge is 2.05. The lowest BCUT2D eigenvalue weighted by Crippen LogP contribution is -2.16. The van der Waals surface area contributed by atoms with Gasteiger partial charge in [-0.15, -0.1) is 0 Å². The minimum atomic E-state index is -0.594. The Morgan fingerprint density at radius 3 is 2.29 bits per heavy atom. The van der Waals surface area contributed by atoms with Crippen LogP contribution in [0.2, 0.25) is 0 Å². The highest BCUT2D eigenvalue weighted by molar-refractivity contribution is 5.86. The Bertz CT molecular complexity index is 643. The number of nitriles is 1. The second kappa shape index (κ2) is 6.96. The van der Waals surface area contributed by atoms with Crippen molar-refractivity contribution in [1.82, 2.24) is 0 Å². The number of amides is 1. The smallest absolute Gasteiger partial charge is 0.417 e. The second-order valence-electron chi connectivity index (χ2n) is 4.11. The van der Waals surface area contributed by atoms with E-state index in [9.17, 15) is 4.79 Å². The number of nitrogens with zero attached hydrogens (tertiary/aromatic N) is 1. The van der Waals surface area contributed by atoms with Gasteiger partial charge in [0.15, 0.2) is 0 Å². The first-order chi connectivity index (χ1) is 10.2. The Kier molecular flexibility index (Phi) is 4.78. The summed E-state index contributed by atoms with van der Waals surface area (Å²) in [5.41, 5.74) is 1.12. The predicted molar refractivity (Wildman–Crippen MR) is 78.4 cm³/mol. The molecular weight excluding hydrogens is 268 g/mol. The molecule has 0 aliphatic rings. The lowest BCUT2D eigenvalue weighted by atomic mass is 10.2. The Morgan fingerprint density at radius 1 is 1.10 bits per heavy atom. The molecule has 0 spiro atoms. The molecule has 2 aromatic carbocycles. The second-order valence-corrected chi connectivity index (χ2v) is 4.11. The lowest BCUT2D eigenvalue weighted by molar-refractivity contribution is 0.215. The van der Waals surface area contributed by atoms with Gasteiger partial charge in [0.05, 0.1) is 18.2 Å². The van der Waals surface area contributed by atoms with E-state index in [1.165, 1.54) is 0 Å². The van der Waals surface area contributed by atoms with E-state index in [2.05, 4.69) is 5.32 Å². The molecule has 0 atom stereocenters. The summed E-state index contributed by atoms with van der Waals surface area (Å²) >= 11 is 0. The van der Waals surface area contributed by atoms with E-state index < -0.39 is 6.09 Å².